The molecule has 7 nitrogen and oxygen atoms in total. The van der Waals surface area contributed by atoms with Crippen molar-refractivity contribution in [1.29, 1.82) is 0 Å². The van der Waals surface area contributed by atoms with Crippen LogP contribution in [-0.2, 0) is 11.3 Å². The van der Waals surface area contributed by atoms with Crippen molar-refractivity contribution >= 4 is 46.3 Å². The summed E-state index contributed by atoms with van der Waals surface area (Å²) in [7, 11) is 0. The summed E-state index contributed by atoms with van der Waals surface area (Å²) >= 11 is 2.62. The first kappa shape index (κ1) is 22.8. The summed E-state index contributed by atoms with van der Waals surface area (Å²) < 4.78 is 0. The average Bonchev–Trinajstić information content (AvgIpc) is 3.50. The molecule has 9 heteroatoms. The molecule has 1 aromatic carbocycles. The Hall–Kier alpha value is -3.01. The number of thiophene rings is 1. The van der Waals surface area contributed by atoms with E-state index in [0.717, 1.165) is 50.8 Å². The predicted molar refractivity (Wildman–Crippen MR) is 138 cm³/mol. The lowest BCUT2D eigenvalue weighted by Gasteiger charge is -2.32. The van der Waals surface area contributed by atoms with Crippen molar-refractivity contribution < 1.29 is 9.59 Å². The maximum absolute atomic E-state index is 11.8. The smallest absolute Gasteiger partial charge is 0.290 e. The number of hydrogen-bond donors (Lipinski definition) is 2. The fourth-order valence-corrected chi connectivity index (χ4v) is 5.53. The first-order valence-electron chi connectivity index (χ1n) is 11.3. The molecule has 0 bridgehead atoms. The molecular formula is C25H25N5O2S2. The fourth-order valence-electron chi connectivity index (χ4n) is 4.20. The number of carbonyl (C=O) groups is 2. The van der Waals surface area contributed by atoms with Crippen molar-refractivity contribution in [2.24, 2.45) is 5.92 Å². The van der Waals surface area contributed by atoms with Crippen molar-refractivity contribution in [1.82, 2.24) is 20.6 Å². The highest BCUT2D eigenvalue weighted by Gasteiger charge is 2.25. The Bertz CT molecular complexity index is 1200. The largest absolute Gasteiger partial charge is 0.341 e. The van der Waals surface area contributed by atoms with Gasteiger partial charge in [0.1, 0.15) is 0 Å². The molecule has 0 unspecified atom stereocenters. The van der Waals surface area contributed by atoms with Crippen LogP contribution in [0.4, 0.5) is 10.7 Å². The maximum Gasteiger partial charge on any atom is 0.290 e. The van der Waals surface area contributed by atoms with E-state index < -0.39 is 0 Å². The third kappa shape index (κ3) is 5.55. The SMILES string of the molecule is O=C1NC(=O)/C(=C/c2ccnc(N3CCC(CNCc4cccc(-c5ccsc5)c4)CC3)n2)S1. The molecule has 2 fully saturated rings. The Morgan fingerprint density at radius 2 is 2.03 bits per heavy atom. The van der Waals surface area contributed by atoms with Gasteiger partial charge in [-0.05, 0) is 88.8 Å². The first-order valence-corrected chi connectivity index (χ1v) is 13.0. The zero-order valence-electron chi connectivity index (χ0n) is 18.6. The topological polar surface area (TPSA) is 87.2 Å². The summed E-state index contributed by atoms with van der Waals surface area (Å²) in [6, 6.07) is 12.6. The minimum Gasteiger partial charge on any atom is -0.341 e. The molecule has 2 amide bonds. The molecule has 0 radical (unpaired) electrons. The lowest BCUT2D eigenvalue weighted by atomic mass is 9.97. The number of amides is 2. The Labute approximate surface area is 206 Å². The van der Waals surface area contributed by atoms with Crippen LogP contribution in [0.25, 0.3) is 17.2 Å². The van der Waals surface area contributed by atoms with E-state index in [1.165, 1.54) is 16.7 Å². The minimum atomic E-state index is -0.373. The second-order valence-corrected chi connectivity index (χ2v) is 10.2. The Kier molecular flexibility index (Phi) is 7.03. The van der Waals surface area contributed by atoms with Crippen LogP contribution in [-0.4, -0.2) is 40.7 Å². The molecule has 0 saturated carbocycles. The van der Waals surface area contributed by atoms with Crippen LogP contribution >= 0.6 is 23.1 Å². The number of nitrogens with one attached hydrogen (secondary N) is 2. The van der Waals surface area contributed by atoms with E-state index in [-0.39, 0.29) is 11.1 Å². The molecule has 2 N–H and O–H groups in total. The van der Waals surface area contributed by atoms with E-state index in [0.29, 0.717) is 22.5 Å². The third-order valence-corrected chi connectivity index (χ3v) is 7.52. The predicted octanol–water partition coefficient (Wildman–Crippen LogP) is 4.54. The van der Waals surface area contributed by atoms with Gasteiger partial charge in [0.2, 0.25) is 5.95 Å². The highest BCUT2D eigenvalue weighted by atomic mass is 32.2. The van der Waals surface area contributed by atoms with Crippen LogP contribution in [0, 0.1) is 5.92 Å². The van der Waals surface area contributed by atoms with Gasteiger partial charge < -0.3 is 10.2 Å². The molecule has 5 rings (SSSR count). The molecule has 34 heavy (non-hydrogen) atoms. The van der Waals surface area contributed by atoms with Gasteiger partial charge >= 0.3 is 0 Å². The molecule has 2 aliphatic rings. The monoisotopic (exact) mass is 491 g/mol. The molecule has 2 aliphatic heterocycles. The van der Waals surface area contributed by atoms with Crippen molar-refractivity contribution in [2.45, 2.75) is 19.4 Å². The molecule has 2 saturated heterocycles. The Balaban J connectivity index is 1.11. The lowest BCUT2D eigenvalue weighted by molar-refractivity contribution is -0.115. The lowest BCUT2D eigenvalue weighted by Crippen LogP contribution is -2.38. The van der Waals surface area contributed by atoms with Crippen molar-refractivity contribution in [3.63, 3.8) is 0 Å². The van der Waals surface area contributed by atoms with Crippen molar-refractivity contribution in [2.75, 3.05) is 24.5 Å². The zero-order chi connectivity index (χ0) is 23.3. The second-order valence-electron chi connectivity index (χ2n) is 8.41. The molecule has 174 valence electrons. The van der Waals surface area contributed by atoms with E-state index in [2.05, 4.69) is 66.6 Å². The molecule has 0 spiro atoms. The summed E-state index contributed by atoms with van der Waals surface area (Å²) in [5, 5.41) is 9.84. The number of thioether (sulfide) groups is 1. The van der Waals surface area contributed by atoms with Crippen molar-refractivity contribution in [3.05, 3.63) is 69.5 Å². The van der Waals surface area contributed by atoms with Gasteiger partial charge in [-0.15, -0.1) is 0 Å². The summed E-state index contributed by atoms with van der Waals surface area (Å²) in [6.45, 7) is 3.65. The average molecular weight is 492 g/mol. The van der Waals surface area contributed by atoms with Crippen LogP contribution in [0.1, 0.15) is 24.1 Å². The fraction of sp³-hybridized carbons (Fsp3) is 0.280. The number of aromatic nitrogens is 2. The Morgan fingerprint density at radius 3 is 2.79 bits per heavy atom. The number of anilines is 1. The number of imide groups is 1. The van der Waals surface area contributed by atoms with Gasteiger partial charge in [0, 0.05) is 25.8 Å². The van der Waals surface area contributed by atoms with Gasteiger partial charge in [-0.25, -0.2) is 9.97 Å². The molecule has 2 aromatic heterocycles. The van der Waals surface area contributed by atoms with Gasteiger partial charge in [0.05, 0.1) is 10.6 Å². The number of piperidine rings is 1. The third-order valence-electron chi connectivity index (χ3n) is 6.03. The highest BCUT2D eigenvalue weighted by molar-refractivity contribution is 8.18. The van der Waals surface area contributed by atoms with Gasteiger partial charge in [-0.2, -0.15) is 11.3 Å². The summed E-state index contributed by atoms with van der Waals surface area (Å²) in [5.74, 6) is 0.911. The normalized spacial score (nSPS) is 18.0. The van der Waals surface area contributed by atoms with Crippen LogP contribution in [0.2, 0.25) is 0 Å². The van der Waals surface area contributed by atoms with Crippen LogP contribution in [0.3, 0.4) is 0 Å². The van der Waals surface area contributed by atoms with Gasteiger partial charge in [0.25, 0.3) is 11.1 Å². The first-order chi connectivity index (χ1) is 16.6. The molecule has 0 atom stereocenters. The van der Waals surface area contributed by atoms with E-state index in [1.54, 1.807) is 29.7 Å². The maximum atomic E-state index is 11.8. The van der Waals surface area contributed by atoms with Crippen LogP contribution < -0.4 is 15.5 Å². The molecular weight excluding hydrogens is 466 g/mol. The minimum absolute atomic E-state index is 0.351. The highest BCUT2D eigenvalue weighted by Crippen LogP contribution is 2.26. The van der Waals surface area contributed by atoms with Gasteiger partial charge in [0.15, 0.2) is 0 Å². The van der Waals surface area contributed by atoms with E-state index in [1.807, 2.05) is 0 Å². The summed E-state index contributed by atoms with van der Waals surface area (Å²) in [4.78, 5) is 34.7. The molecule has 4 heterocycles. The number of benzene rings is 1. The number of hydrogen-bond acceptors (Lipinski definition) is 8. The standard InChI is InChI=1S/C25H25N5O2S2/c31-23-22(34-25(32)29-23)13-21-4-8-27-24(28-21)30-9-5-17(6-10-30)14-26-15-18-2-1-3-19(12-18)20-7-11-33-16-20/h1-4,7-8,11-13,16-17,26H,5-6,9-10,14-15H2,(H,29,31,32)/b22-13-. The summed E-state index contributed by atoms with van der Waals surface area (Å²) in [6.07, 6.45) is 5.48. The summed E-state index contributed by atoms with van der Waals surface area (Å²) in [5.41, 5.74) is 4.48. The zero-order valence-corrected chi connectivity index (χ0v) is 20.2. The Morgan fingerprint density at radius 1 is 1.15 bits per heavy atom. The van der Waals surface area contributed by atoms with Crippen molar-refractivity contribution in [3.8, 4) is 11.1 Å². The van der Waals surface area contributed by atoms with E-state index in [4.69, 9.17) is 0 Å². The molecule has 3 aromatic rings. The van der Waals surface area contributed by atoms with Crippen LogP contribution in [0.5, 0.6) is 0 Å². The van der Waals surface area contributed by atoms with E-state index >= 15 is 0 Å². The number of rotatable bonds is 7. The quantitative estimate of drug-likeness (QED) is 0.469. The number of carbonyl (C=O) groups excluding carboxylic acids is 2. The number of nitrogens with zero attached hydrogens (tertiary/aromatic N) is 3. The van der Waals surface area contributed by atoms with E-state index in [9.17, 15) is 9.59 Å². The molecule has 0 aliphatic carbocycles. The second kappa shape index (κ2) is 10.5. The van der Waals surface area contributed by atoms with Gasteiger partial charge in [-0.1, -0.05) is 18.2 Å². The van der Waals surface area contributed by atoms with Crippen LogP contribution in [0.15, 0.2) is 58.3 Å². The van der Waals surface area contributed by atoms with Gasteiger partial charge in [-0.3, -0.25) is 14.9 Å².